The van der Waals surface area contributed by atoms with E-state index in [4.69, 9.17) is 15.2 Å². The molecule has 0 spiro atoms. The van der Waals surface area contributed by atoms with Crippen LogP contribution in [0.25, 0.3) is 0 Å². The maximum absolute atomic E-state index is 11.9. The number of hydrogen-bond acceptors (Lipinski definition) is 4. The van der Waals surface area contributed by atoms with E-state index in [1.807, 2.05) is 0 Å². The minimum atomic E-state index is -4.32. The van der Waals surface area contributed by atoms with Crippen molar-refractivity contribution < 1.29 is 27.4 Å². The highest BCUT2D eigenvalue weighted by Gasteiger charge is 2.27. The lowest BCUT2D eigenvalue weighted by atomic mass is 10.0. The minimum Gasteiger partial charge on any atom is -0.497 e. The van der Waals surface area contributed by atoms with E-state index in [2.05, 4.69) is 4.74 Å². The van der Waals surface area contributed by atoms with Gasteiger partial charge in [-0.1, -0.05) is 0 Å². The average Bonchev–Trinajstić information content (AvgIpc) is 2.41. The summed E-state index contributed by atoms with van der Waals surface area (Å²) >= 11 is 0. The van der Waals surface area contributed by atoms with Crippen LogP contribution in [0.2, 0.25) is 0 Å². The van der Waals surface area contributed by atoms with Gasteiger partial charge in [-0.15, -0.1) is 0 Å². The Labute approximate surface area is 115 Å². The van der Waals surface area contributed by atoms with Gasteiger partial charge in [0, 0.05) is 18.2 Å². The highest BCUT2D eigenvalue weighted by atomic mass is 19.4. The topological polar surface area (TPSA) is 53.7 Å². The molecule has 2 N–H and O–H groups in total. The first-order valence-corrected chi connectivity index (χ1v) is 5.99. The van der Waals surface area contributed by atoms with E-state index in [1.54, 1.807) is 18.2 Å². The Morgan fingerprint density at radius 3 is 2.45 bits per heavy atom. The van der Waals surface area contributed by atoms with Gasteiger partial charge < -0.3 is 19.9 Å². The van der Waals surface area contributed by atoms with Gasteiger partial charge in [0.2, 0.25) is 0 Å². The molecule has 1 unspecified atom stereocenters. The molecule has 0 aromatic heterocycles. The van der Waals surface area contributed by atoms with Crippen LogP contribution in [0.1, 0.15) is 18.0 Å². The number of ether oxygens (including phenoxy) is 3. The van der Waals surface area contributed by atoms with E-state index >= 15 is 0 Å². The van der Waals surface area contributed by atoms with Crippen LogP contribution >= 0.6 is 0 Å². The van der Waals surface area contributed by atoms with Crippen LogP contribution in [0.5, 0.6) is 11.5 Å². The third-order valence-electron chi connectivity index (χ3n) is 2.68. The van der Waals surface area contributed by atoms with E-state index in [0.717, 1.165) is 0 Å². The predicted molar refractivity (Wildman–Crippen MR) is 68.0 cm³/mol. The van der Waals surface area contributed by atoms with E-state index < -0.39 is 18.8 Å². The van der Waals surface area contributed by atoms with Crippen molar-refractivity contribution in [3.05, 3.63) is 23.8 Å². The van der Waals surface area contributed by atoms with Crippen LogP contribution in [0.4, 0.5) is 13.2 Å². The van der Waals surface area contributed by atoms with E-state index in [1.165, 1.54) is 14.2 Å². The lowest BCUT2D eigenvalue weighted by molar-refractivity contribution is -0.174. The zero-order chi connectivity index (χ0) is 15.2. The maximum Gasteiger partial charge on any atom is 0.411 e. The minimum absolute atomic E-state index is 0.0823. The van der Waals surface area contributed by atoms with Crippen molar-refractivity contribution in [2.45, 2.75) is 18.6 Å². The number of hydrogen-bond donors (Lipinski definition) is 1. The van der Waals surface area contributed by atoms with Gasteiger partial charge in [0.1, 0.15) is 18.1 Å². The second-order valence-electron chi connectivity index (χ2n) is 4.17. The quantitative estimate of drug-likeness (QED) is 0.785. The van der Waals surface area contributed by atoms with Crippen LogP contribution < -0.4 is 15.2 Å². The molecule has 0 aliphatic heterocycles. The van der Waals surface area contributed by atoms with Crippen LogP contribution in [0.15, 0.2) is 18.2 Å². The van der Waals surface area contributed by atoms with Crippen molar-refractivity contribution in [3.63, 3.8) is 0 Å². The SMILES string of the molecule is COc1ccc(OC)c(C(N)CCOCC(F)(F)F)c1. The number of methoxy groups -OCH3 is 2. The molecule has 0 heterocycles. The summed E-state index contributed by atoms with van der Waals surface area (Å²) in [6.45, 7) is -1.35. The first-order valence-electron chi connectivity index (χ1n) is 5.99. The third-order valence-corrected chi connectivity index (χ3v) is 2.68. The monoisotopic (exact) mass is 293 g/mol. The Morgan fingerprint density at radius 1 is 1.20 bits per heavy atom. The summed E-state index contributed by atoms with van der Waals surface area (Å²) in [6, 6.07) is 4.63. The lowest BCUT2D eigenvalue weighted by Crippen LogP contribution is -2.20. The Morgan fingerprint density at radius 2 is 1.90 bits per heavy atom. The fourth-order valence-electron chi connectivity index (χ4n) is 1.68. The summed E-state index contributed by atoms with van der Waals surface area (Å²) in [6.07, 6.45) is -4.07. The van der Waals surface area contributed by atoms with Crippen LogP contribution in [-0.4, -0.2) is 33.6 Å². The summed E-state index contributed by atoms with van der Waals surface area (Å²) in [7, 11) is 3.02. The zero-order valence-corrected chi connectivity index (χ0v) is 11.4. The van der Waals surface area contributed by atoms with Gasteiger partial charge in [-0.25, -0.2) is 0 Å². The highest BCUT2D eigenvalue weighted by Crippen LogP contribution is 2.29. The highest BCUT2D eigenvalue weighted by molar-refractivity contribution is 5.42. The van der Waals surface area contributed by atoms with Gasteiger partial charge in [0.25, 0.3) is 0 Å². The van der Waals surface area contributed by atoms with Gasteiger partial charge in [0.15, 0.2) is 0 Å². The molecule has 0 fully saturated rings. The van der Waals surface area contributed by atoms with Crippen LogP contribution in [0, 0.1) is 0 Å². The Hall–Kier alpha value is -1.47. The molecule has 0 radical (unpaired) electrons. The Bertz CT molecular complexity index is 424. The van der Waals surface area contributed by atoms with Crippen LogP contribution in [0.3, 0.4) is 0 Å². The third kappa shape index (κ3) is 5.26. The fraction of sp³-hybridized carbons (Fsp3) is 0.538. The Balaban J connectivity index is 2.60. The number of benzene rings is 1. The molecule has 1 rings (SSSR count). The molecule has 0 aliphatic rings. The number of rotatable bonds is 7. The second kappa shape index (κ2) is 7.35. The molecule has 7 heteroatoms. The summed E-state index contributed by atoms with van der Waals surface area (Å²) in [5, 5.41) is 0. The van der Waals surface area contributed by atoms with Gasteiger partial charge >= 0.3 is 6.18 Å². The van der Waals surface area contributed by atoms with E-state index in [9.17, 15) is 13.2 Å². The van der Waals surface area contributed by atoms with Crippen molar-refractivity contribution in [1.82, 2.24) is 0 Å². The molecule has 0 amide bonds. The largest absolute Gasteiger partial charge is 0.497 e. The second-order valence-corrected chi connectivity index (χ2v) is 4.17. The van der Waals surface area contributed by atoms with Gasteiger partial charge in [-0.3, -0.25) is 0 Å². The first-order chi connectivity index (χ1) is 9.37. The molecule has 0 saturated carbocycles. The molecule has 4 nitrogen and oxygen atoms in total. The van der Waals surface area contributed by atoms with Crippen molar-refractivity contribution in [1.29, 1.82) is 0 Å². The average molecular weight is 293 g/mol. The summed E-state index contributed by atoms with van der Waals surface area (Å²) in [5.74, 6) is 1.17. The van der Waals surface area contributed by atoms with Crippen molar-refractivity contribution in [2.75, 3.05) is 27.4 Å². The normalized spacial score (nSPS) is 13.1. The molecule has 1 aromatic rings. The van der Waals surface area contributed by atoms with E-state index in [-0.39, 0.29) is 13.0 Å². The van der Waals surface area contributed by atoms with Gasteiger partial charge in [-0.2, -0.15) is 13.2 Å². The Kier molecular flexibility index (Phi) is 6.09. The molecular formula is C13H18F3NO3. The number of halogens is 3. The molecule has 1 atom stereocenters. The molecule has 0 bridgehead atoms. The molecule has 1 aromatic carbocycles. The fourth-order valence-corrected chi connectivity index (χ4v) is 1.68. The standard InChI is InChI=1S/C13H18F3NO3/c1-18-9-3-4-12(19-2)10(7-9)11(17)5-6-20-8-13(14,15)16/h3-4,7,11H,5-6,8,17H2,1-2H3. The predicted octanol–water partition coefficient (Wildman–Crippen LogP) is 2.67. The summed E-state index contributed by atoms with van der Waals surface area (Å²) < 4.78 is 50.6. The maximum atomic E-state index is 11.9. The zero-order valence-electron chi connectivity index (χ0n) is 11.4. The summed E-state index contributed by atoms with van der Waals surface area (Å²) in [4.78, 5) is 0. The smallest absolute Gasteiger partial charge is 0.411 e. The van der Waals surface area contributed by atoms with Crippen molar-refractivity contribution in [3.8, 4) is 11.5 Å². The van der Waals surface area contributed by atoms with Crippen molar-refractivity contribution >= 4 is 0 Å². The summed E-state index contributed by atoms with van der Waals surface area (Å²) in [5.41, 5.74) is 6.62. The molecule has 0 saturated heterocycles. The van der Waals surface area contributed by atoms with Crippen molar-refractivity contribution in [2.24, 2.45) is 5.73 Å². The molecule has 114 valence electrons. The lowest BCUT2D eigenvalue weighted by Gasteiger charge is -2.17. The number of alkyl halides is 3. The van der Waals surface area contributed by atoms with Gasteiger partial charge in [0.05, 0.1) is 14.2 Å². The van der Waals surface area contributed by atoms with E-state index in [0.29, 0.717) is 17.1 Å². The first kappa shape index (κ1) is 16.6. The van der Waals surface area contributed by atoms with Crippen LogP contribution in [-0.2, 0) is 4.74 Å². The molecule has 0 aliphatic carbocycles. The number of nitrogens with two attached hydrogens (primary N) is 1. The molecule has 20 heavy (non-hydrogen) atoms. The van der Waals surface area contributed by atoms with Gasteiger partial charge in [-0.05, 0) is 24.6 Å². The molecular weight excluding hydrogens is 275 g/mol.